The van der Waals surface area contributed by atoms with Crippen LogP contribution >= 0.6 is 0 Å². The molecule has 2 fully saturated rings. The predicted molar refractivity (Wildman–Crippen MR) is 97.2 cm³/mol. The Hall–Kier alpha value is -1.43. The Balaban J connectivity index is 1.56. The molecule has 2 aliphatic rings. The number of hydrogen-bond acceptors (Lipinski definition) is 4. The number of hydrogen-bond donors (Lipinski definition) is 2. The highest BCUT2D eigenvalue weighted by Crippen LogP contribution is 2.45. The number of aliphatic hydroxyl groups excluding tert-OH is 1. The van der Waals surface area contributed by atoms with E-state index < -0.39 is 5.60 Å². The summed E-state index contributed by atoms with van der Waals surface area (Å²) in [4.78, 5) is 16.7. The van der Waals surface area contributed by atoms with Crippen molar-refractivity contribution in [2.75, 3.05) is 39.8 Å². The van der Waals surface area contributed by atoms with E-state index in [1.807, 2.05) is 35.0 Å². The van der Waals surface area contributed by atoms with E-state index in [4.69, 9.17) is 0 Å². The first kappa shape index (κ1) is 18.4. The molecule has 5 nitrogen and oxygen atoms in total. The van der Waals surface area contributed by atoms with Crippen LogP contribution in [0.5, 0.6) is 0 Å². The average molecular weight is 346 g/mol. The summed E-state index contributed by atoms with van der Waals surface area (Å²) in [5, 5.41) is 20.5. The largest absolute Gasteiger partial charge is 0.396 e. The van der Waals surface area contributed by atoms with E-state index in [0.29, 0.717) is 19.5 Å². The molecule has 3 rings (SSSR count). The second kappa shape index (κ2) is 7.44. The van der Waals surface area contributed by atoms with Gasteiger partial charge in [0.25, 0.3) is 5.91 Å². The number of benzene rings is 1. The van der Waals surface area contributed by atoms with Crippen molar-refractivity contribution in [1.29, 1.82) is 0 Å². The van der Waals surface area contributed by atoms with Gasteiger partial charge >= 0.3 is 0 Å². The molecule has 1 aromatic carbocycles. The van der Waals surface area contributed by atoms with Crippen LogP contribution in [0.3, 0.4) is 0 Å². The minimum absolute atomic E-state index is 0.00415. The molecular weight excluding hydrogens is 316 g/mol. The van der Waals surface area contributed by atoms with Crippen molar-refractivity contribution in [3.63, 3.8) is 0 Å². The Morgan fingerprint density at radius 2 is 1.88 bits per heavy atom. The number of carbonyl (C=O) groups excluding carboxylic acids is 1. The summed E-state index contributed by atoms with van der Waals surface area (Å²) in [5.41, 5.74) is -0.0921. The Bertz CT molecular complexity index is 588. The molecule has 1 saturated carbocycles. The van der Waals surface area contributed by atoms with Gasteiger partial charge in [-0.3, -0.25) is 4.79 Å². The Kier molecular flexibility index (Phi) is 5.46. The normalized spacial score (nSPS) is 25.4. The van der Waals surface area contributed by atoms with Gasteiger partial charge in [0.15, 0.2) is 5.60 Å². The fraction of sp³-hybridized carbons (Fsp3) is 0.650. The second-order valence-corrected chi connectivity index (χ2v) is 7.99. The maximum atomic E-state index is 12.9. The minimum atomic E-state index is -1.30. The molecule has 0 radical (unpaired) electrons. The minimum Gasteiger partial charge on any atom is -0.396 e. The topological polar surface area (TPSA) is 64.0 Å². The molecular formula is C20H30N2O3. The molecule has 0 spiro atoms. The summed E-state index contributed by atoms with van der Waals surface area (Å²) < 4.78 is 0. The van der Waals surface area contributed by atoms with Gasteiger partial charge in [0, 0.05) is 38.2 Å². The van der Waals surface area contributed by atoms with Crippen molar-refractivity contribution in [2.45, 2.75) is 37.7 Å². The fourth-order valence-corrected chi connectivity index (χ4v) is 3.95. The van der Waals surface area contributed by atoms with E-state index in [1.54, 1.807) is 0 Å². The first-order chi connectivity index (χ1) is 12.0. The number of likely N-dealkylation sites (tertiary alicyclic amines) is 1. The molecule has 1 unspecified atom stereocenters. The van der Waals surface area contributed by atoms with Gasteiger partial charge in [-0.15, -0.1) is 0 Å². The molecule has 2 N–H and O–H groups in total. The molecule has 25 heavy (non-hydrogen) atoms. The smallest absolute Gasteiger partial charge is 0.255 e. The van der Waals surface area contributed by atoms with Gasteiger partial charge < -0.3 is 20.0 Å². The SMILES string of the molecule is CN(CC1(CO)CC1)CC1(O)CCCN(CCc2ccccc2)C1=O. The highest BCUT2D eigenvalue weighted by Gasteiger charge is 2.46. The summed E-state index contributed by atoms with van der Waals surface area (Å²) in [6.45, 7) is 2.64. The number of rotatable bonds is 8. The molecule has 1 aliphatic heterocycles. The lowest BCUT2D eigenvalue weighted by atomic mass is 9.90. The molecule has 1 atom stereocenters. The van der Waals surface area contributed by atoms with E-state index in [2.05, 4.69) is 12.1 Å². The van der Waals surface area contributed by atoms with Crippen molar-refractivity contribution >= 4 is 5.91 Å². The maximum Gasteiger partial charge on any atom is 0.255 e. The molecule has 1 heterocycles. The monoisotopic (exact) mass is 346 g/mol. The van der Waals surface area contributed by atoms with Crippen LogP contribution in [0, 0.1) is 5.41 Å². The van der Waals surface area contributed by atoms with Crippen LogP contribution in [0.2, 0.25) is 0 Å². The van der Waals surface area contributed by atoms with E-state index in [-0.39, 0.29) is 17.9 Å². The van der Waals surface area contributed by atoms with E-state index in [9.17, 15) is 15.0 Å². The summed E-state index contributed by atoms with van der Waals surface area (Å²) in [7, 11) is 1.93. The van der Waals surface area contributed by atoms with Crippen molar-refractivity contribution in [1.82, 2.24) is 9.80 Å². The average Bonchev–Trinajstić information content (AvgIpc) is 3.37. The van der Waals surface area contributed by atoms with Crippen molar-refractivity contribution < 1.29 is 15.0 Å². The van der Waals surface area contributed by atoms with Crippen LogP contribution in [0.1, 0.15) is 31.2 Å². The standard InChI is InChI=1S/C20H30N2O3/c1-21(14-19(16-23)10-11-19)15-20(25)9-5-12-22(18(20)24)13-8-17-6-3-2-4-7-17/h2-4,6-7,23,25H,5,8-16H2,1H3. The number of aliphatic hydroxyl groups is 2. The number of likely N-dealkylation sites (N-methyl/N-ethyl adjacent to an activating group) is 1. The Morgan fingerprint density at radius 3 is 2.52 bits per heavy atom. The zero-order valence-corrected chi connectivity index (χ0v) is 15.2. The zero-order valence-electron chi connectivity index (χ0n) is 15.2. The molecule has 1 aliphatic carbocycles. The van der Waals surface area contributed by atoms with Gasteiger partial charge in [-0.25, -0.2) is 0 Å². The Morgan fingerprint density at radius 1 is 1.16 bits per heavy atom. The second-order valence-electron chi connectivity index (χ2n) is 7.99. The molecule has 0 bridgehead atoms. The van der Waals surface area contributed by atoms with Gasteiger partial charge in [0.05, 0.1) is 0 Å². The maximum absolute atomic E-state index is 12.9. The third-order valence-corrected chi connectivity index (χ3v) is 5.65. The van der Waals surface area contributed by atoms with Crippen LogP contribution in [-0.2, 0) is 11.2 Å². The quantitative estimate of drug-likeness (QED) is 0.744. The third kappa shape index (κ3) is 4.40. The van der Waals surface area contributed by atoms with E-state index in [0.717, 1.165) is 38.8 Å². The highest BCUT2D eigenvalue weighted by atomic mass is 16.3. The van der Waals surface area contributed by atoms with Crippen LogP contribution in [0.25, 0.3) is 0 Å². The predicted octanol–water partition coefficient (Wildman–Crippen LogP) is 1.29. The summed E-state index contributed by atoms with van der Waals surface area (Å²) in [6, 6.07) is 10.1. The third-order valence-electron chi connectivity index (χ3n) is 5.65. The van der Waals surface area contributed by atoms with Crippen LogP contribution in [0.15, 0.2) is 30.3 Å². The Labute approximate surface area is 150 Å². The van der Waals surface area contributed by atoms with Crippen molar-refractivity contribution in [2.24, 2.45) is 5.41 Å². The lowest BCUT2D eigenvalue weighted by Crippen LogP contribution is -2.58. The number of carbonyl (C=O) groups is 1. The van der Waals surface area contributed by atoms with Crippen LogP contribution in [-0.4, -0.2) is 71.4 Å². The molecule has 0 aromatic heterocycles. The first-order valence-corrected chi connectivity index (χ1v) is 9.32. The van der Waals surface area contributed by atoms with Crippen LogP contribution in [0.4, 0.5) is 0 Å². The number of nitrogens with zero attached hydrogens (tertiary/aromatic N) is 2. The van der Waals surface area contributed by atoms with Gasteiger partial charge in [-0.05, 0) is 44.7 Å². The van der Waals surface area contributed by atoms with Gasteiger partial charge in [0.2, 0.25) is 0 Å². The molecule has 1 aromatic rings. The summed E-state index contributed by atoms with van der Waals surface area (Å²) in [6.07, 6.45) is 4.22. The van der Waals surface area contributed by atoms with Crippen molar-refractivity contribution in [3.8, 4) is 0 Å². The highest BCUT2D eigenvalue weighted by molar-refractivity contribution is 5.86. The molecule has 138 valence electrons. The van der Waals surface area contributed by atoms with Crippen molar-refractivity contribution in [3.05, 3.63) is 35.9 Å². The number of amides is 1. The molecule has 1 amide bonds. The zero-order chi connectivity index (χ0) is 17.9. The molecule has 5 heteroatoms. The lowest BCUT2D eigenvalue weighted by Gasteiger charge is -2.40. The first-order valence-electron chi connectivity index (χ1n) is 9.32. The van der Waals surface area contributed by atoms with Gasteiger partial charge in [0.1, 0.15) is 0 Å². The van der Waals surface area contributed by atoms with Gasteiger partial charge in [-0.1, -0.05) is 30.3 Å². The lowest BCUT2D eigenvalue weighted by molar-refractivity contribution is -0.159. The van der Waals surface area contributed by atoms with Gasteiger partial charge in [-0.2, -0.15) is 0 Å². The summed E-state index contributed by atoms with van der Waals surface area (Å²) in [5.74, 6) is -0.143. The number of piperidine rings is 1. The van der Waals surface area contributed by atoms with E-state index >= 15 is 0 Å². The van der Waals surface area contributed by atoms with E-state index in [1.165, 1.54) is 5.56 Å². The fourth-order valence-electron chi connectivity index (χ4n) is 3.95. The van der Waals surface area contributed by atoms with Crippen LogP contribution < -0.4 is 0 Å². The molecule has 1 saturated heterocycles. The summed E-state index contributed by atoms with van der Waals surface area (Å²) >= 11 is 0.